The van der Waals surface area contributed by atoms with Crippen LogP contribution in [0.5, 0.6) is 11.5 Å². The largest absolute Gasteiger partial charge is 0.493 e. The number of hydrogen-bond acceptors (Lipinski definition) is 5. The van der Waals surface area contributed by atoms with Gasteiger partial charge in [-0.25, -0.2) is 4.79 Å². The van der Waals surface area contributed by atoms with Crippen molar-refractivity contribution >= 4 is 29.3 Å². The standard InChI is InChI=1S/C19H19ClN2O5/c1-25-16-7-6-14(9-17(16)26-2)22-11-15(27-19(22)24)10-21-18(23)12-4-3-5-13(20)8-12/h3-9,15H,10-11H2,1-2H3,(H,21,23). The first-order valence-corrected chi connectivity index (χ1v) is 8.63. The molecule has 7 nitrogen and oxygen atoms in total. The van der Waals surface area contributed by atoms with E-state index < -0.39 is 12.2 Å². The van der Waals surface area contributed by atoms with E-state index in [1.165, 1.54) is 12.0 Å². The molecule has 2 amide bonds. The molecule has 0 aromatic heterocycles. The summed E-state index contributed by atoms with van der Waals surface area (Å²) in [6, 6.07) is 11.8. The third kappa shape index (κ3) is 4.25. The minimum atomic E-state index is -0.482. The normalized spacial score (nSPS) is 16.0. The summed E-state index contributed by atoms with van der Waals surface area (Å²) < 4.78 is 15.8. The highest BCUT2D eigenvalue weighted by Gasteiger charge is 2.33. The van der Waals surface area contributed by atoms with Crippen LogP contribution in [-0.2, 0) is 4.74 Å². The second kappa shape index (κ2) is 8.18. The predicted octanol–water partition coefficient (Wildman–Crippen LogP) is 3.11. The van der Waals surface area contributed by atoms with Gasteiger partial charge in [0.1, 0.15) is 6.10 Å². The lowest BCUT2D eigenvalue weighted by atomic mass is 10.2. The van der Waals surface area contributed by atoms with Crippen molar-refractivity contribution in [1.29, 1.82) is 0 Å². The van der Waals surface area contributed by atoms with Crippen LogP contribution in [0.15, 0.2) is 42.5 Å². The molecule has 1 unspecified atom stereocenters. The molecule has 1 N–H and O–H groups in total. The molecule has 1 aliphatic heterocycles. The fourth-order valence-corrected chi connectivity index (χ4v) is 2.96. The Labute approximate surface area is 161 Å². The molecule has 1 fully saturated rings. The van der Waals surface area contributed by atoms with Gasteiger partial charge in [0.05, 0.1) is 33.0 Å². The summed E-state index contributed by atoms with van der Waals surface area (Å²) in [5.41, 5.74) is 1.07. The number of carbonyl (C=O) groups excluding carboxylic acids is 2. The zero-order chi connectivity index (χ0) is 19.4. The summed E-state index contributed by atoms with van der Waals surface area (Å²) in [5, 5.41) is 3.24. The fraction of sp³-hybridized carbons (Fsp3) is 0.263. The summed E-state index contributed by atoms with van der Waals surface area (Å²) in [4.78, 5) is 25.9. The Hall–Kier alpha value is -2.93. The van der Waals surface area contributed by atoms with E-state index in [-0.39, 0.29) is 12.5 Å². The molecule has 2 aromatic carbocycles. The number of cyclic esters (lactones) is 1. The molecule has 0 spiro atoms. The van der Waals surface area contributed by atoms with Crippen LogP contribution >= 0.6 is 11.6 Å². The van der Waals surface area contributed by atoms with Crippen molar-refractivity contribution in [3.05, 3.63) is 53.1 Å². The maximum Gasteiger partial charge on any atom is 0.414 e. The van der Waals surface area contributed by atoms with Gasteiger partial charge in [-0.1, -0.05) is 17.7 Å². The van der Waals surface area contributed by atoms with E-state index in [1.807, 2.05) is 0 Å². The van der Waals surface area contributed by atoms with E-state index in [4.69, 9.17) is 25.8 Å². The van der Waals surface area contributed by atoms with Gasteiger partial charge in [-0.15, -0.1) is 0 Å². The Balaban J connectivity index is 1.63. The first-order valence-electron chi connectivity index (χ1n) is 8.25. The number of ether oxygens (including phenoxy) is 3. The summed E-state index contributed by atoms with van der Waals surface area (Å²) in [6.45, 7) is 0.505. The highest BCUT2D eigenvalue weighted by Crippen LogP contribution is 2.33. The average molecular weight is 391 g/mol. The highest BCUT2D eigenvalue weighted by atomic mass is 35.5. The van der Waals surface area contributed by atoms with Crippen molar-refractivity contribution in [3.63, 3.8) is 0 Å². The van der Waals surface area contributed by atoms with Crippen LogP contribution in [0.25, 0.3) is 0 Å². The number of anilines is 1. The summed E-state index contributed by atoms with van der Waals surface area (Å²) in [7, 11) is 3.07. The molecule has 3 rings (SSSR count). The summed E-state index contributed by atoms with van der Waals surface area (Å²) in [5.74, 6) is 0.803. The zero-order valence-corrected chi connectivity index (χ0v) is 15.7. The maximum atomic E-state index is 12.2. The van der Waals surface area contributed by atoms with Crippen LogP contribution in [0.2, 0.25) is 5.02 Å². The first kappa shape index (κ1) is 18.8. The molecule has 142 valence electrons. The quantitative estimate of drug-likeness (QED) is 0.820. The molecule has 1 saturated heterocycles. The topological polar surface area (TPSA) is 77.1 Å². The minimum Gasteiger partial charge on any atom is -0.493 e. The molecular weight excluding hydrogens is 372 g/mol. The van der Waals surface area contributed by atoms with Crippen LogP contribution in [0, 0.1) is 0 Å². The molecule has 2 aromatic rings. The van der Waals surface area contributed by atoms with Crippen LogP contribution < -0.4 is 19.7 Å². The Kier molecular flexibility index (Phi) is 5.71. The van der Waals surface area contributed by atoms with E-state index in [0.29, 0.717) is 34.3 Å². The van der Waals surface area contributed by atoms with Crippen LogP contribution in [0.4, 0.5) is 10.5 Å². The van der Waals surface area contributed by atoms with E-state index in [0.717, 1.165) is 0 Å². The van der Waals surface area contributed by atoms with Crippen molar-refractivity contribution in [1.82, 2.24) is 5.32 Å². The van der Waals surface area contributed by atoms with Crippen molar-refractivity contribution in [2.75, 3.05) is 32.2 Å². The van der Waals surface area contributed by atoms with Crippen LogP contribution in [-0.4, -0.2) is 45.4 Å². The predicted molar refractivity (Wildman–Crippen MR) is 101 cm³/mol. The molecule has 0 aliphatic carbocycles. The molecule has 0 radical (unpaired) electrons. The van der Waals surface area contributed by atoms with Gasteiger partial charge in [-0.3, -0.25) is 9.69 Å². The molecular formula is C19H19ClN2O5. The van der Waals surface area contributed by atoms with Gasteiger partial charge in [-0.05, 0) is 30.3 Å². The highest BCUT2D eigenvalue weighted by molar-refractivity contribution is 6.30. The van der Waals surface area contributed by atoms with Crippen molar-refractivity contribution in [3.8, 4) is 11.5 Å². The van der Waals surface area contributed by atoms with Crippen molar-refractivity contribution in [2.45, 2.75) is 6.10 Å². The molecule has 1 aliphatic rings. The SMILES string of the molecule is COc1ccc(N2CC(CNC(=O)c3cccc(Cl)c3)OC2=O)cc1OC. The van der Waals surface area contributed by atoms with Crippen LogP contribution in [0.1, 0.15) is 10.4 Å². The molecule has 0 bridgehead atoms. The van der Waals surface area contributed by atoms with Gasteiger partial charge in [0, 0.05) is 16.7 Å². The Bertz CT molecular complexity index is 858. The number of nitrogens with one attached hydrogen (secondary N) is 1. The lowest BCUT2D eigenvalue weighted by Crippen LogP contribution is -2.34. The minimum absolute atomic E-state index is 0.195. The lowest BCUT2D eigenvalue weighted by molar-refractivity contribution is 0.0916. The van der Waals surface area contributed by atoms with Gasteiger partial charge in [0.25, 0.3) is 5.91 Å². The third-order valence-corrected chi connectivity index (χ3v) is 4.37. The van der Waals surface area contributed by atoms with E-state index >= 15 is 0 Å². The average Bonchev–Trinajstić information content (AvgIpc) is 3.06. The van der Waals surface area contributed by atoms with Gasteiger partial charge in [0.15, 0.2) is 11.5 Å². The van der Waals surface area contributed by atoms with Crippen LogP contribution in [0.3, 0.4) is 0 Å². The molecule has 27 heavy (non-hydrogen) atoms. The number of nitrogens with zero attached hydrogens (tertiary/aromatic N) is 1. The van der Waals surface area contributed by atoms with Gasteiger partial charge in [0.2, 0.25) is 0 Å². The summed E-state index contributed by atoms with van der Waals surface area (Å²) >= 11 is 5.89. The lowest BCUT2D eigenvalue weighted by Gasteiger charge is -2.15. The van der Waals surface area contributed by atoms with E-state index in [9.17, 15) is 9.59 Å². The van der Waals surface area contributed by atoms with E-state index in [1.54, 1.807) is 49.6 Å². The monoisotopic (exact) mass is 390 g/mol. The Morgan fingerprint density at radius 1 is 1.22 bits per heavy atom. The van der Waals surface area contributed by atoms with E-state index in [2.05, 4.69) is 5.32 Å². The van der Waals surface area contributed by atoms with Gasteiger partial charge < -0.3 is 19.5 Å². The fourth-order valence-electron chi connectivity index (χ4n) is 2.77. The van der Waals surface area contributed by atoms with Gasteiger partial charge >= 0.3 is 6.09 Å². The third-order valence-electron chi connectivity index (χ3n) is 4.13. The number of amides is 2. The first-order chi connectivity index (χ1) is 13.0. The molecule has 0 saturated carbocycles. The number of halogens is 1. The second-order valence-corrected chi connectivity index (χ2v) is 6.31. The molecule has 1 heterocycles. The number of methoxy groups -OCH3 is 2. The number of rotatable bonds is 6. The second-order valence-electron chi connectivity index (χ2n) is 5.88. The molecule has 8 heteroatoms. The smallest absolute Gasteiger partial charge is 0.414 e. The Morgan fingerprint density at radius 2 is 2.00 bits per heavy atom. The van der Waals surface area contributed by atoms with Crippen molar-refractivity contribution in [2.24, 2.45) is 0 Å². The van der Waals surface area contributed by atoms with Crippen molar-refractivity contribution < 1.29 is 23.8 Å². The molecule has 1 atom stereocenters. The number of benzene rings is 2. The Morgan fingerprint density at radius 3 is 2.70 bits per heavy atom. The van der Waals surface area contributed by atoms with Gasteiger partial charge in [-0.2, -0.15) is 0 Å². The number of carbonyl (C=O) groups is 2. The number of hydrogen-bond donors (Lipinski definition) is 1. The summed E-state index contributed by atoms with van der Waals surface area (Å²) in [6.07, 6.45) is -0.946. The zero-order valence-electron chi connectivity index (χ0n) is 14.9. The maximum absolute atomic E-state index is 12.2.